The van der Waals surface area contributed by atoms with Gasteiger partial charge in [-0.15, -0.1) is 0 Å². The summed E-state index contributed by atoms with van der Waals surface area (Å²) in [5.41, 5.74) is -1.61. The number of ketones is 3. The molecule has 0 bridgehead atoms. The molecule has 44 heavy (non-hydrogen) atoms. The highest BCUT2D eigenvalue weighted by atomic mass is 16.5. The summed E-state index contributed by atoms with van der Waals surface area (Å²) in [5, 5.41) is 14.4. The van der Waals surface area contributed by atoms with Crippen LogP contribution in [0.4, 0.5) is 0 Å². The number of allylic oxidation sites excluding steroid dienone is 1. The Morgan fingerprint density at radius 1 is 1.02 bits per heavy atom. The van der Waals surface area contributed by atoms with Crippen LogP contribution in [0.25, 0.3) is 0 Å². The lowest BCUT2D eigenvalue weighted by atomic mass is 9.46. The van der Waals surface area contributed by atoms with Crippen molar-refractivity contribution in [2.75, 3.05) is 13.7 Å². The van der Waals surface area contributed by atoms with Gasteiger partial charge in [-0.2, -0.15) is 0 Å². The van der Waals surface area contributed by atoms with E-state index in [2.05, 4.69) is 12.2 Å². The average Bonchev–Trinajstić information content (AvgIpc) is 3.28. The lowest BCUT2D eigenvalue weighted by Gasteiger charge is -2.57. The largest absolute Gasteiger partial charge is 0.467 e. The van der Waals surface area contributed by atoms with E-state index in [0.29, 0.717) is 24.8 Å². The van der Waals surface area contributed by atoms with Gasteiger partial charge in [-0.25, -0.2) is 4.79 Å². The standard InChI is InChI=1S/C34H41NO9/c1-32-15-13-22(36)17-21(32)9-10-23-24-14-16-34(42,33(24,2)18-25(37)29(23)32)26(38)19-44-28(40)12-11-27(39)35-30(31(41)43-3)20-7-5-4-6-8-20/h4-8,17,23-24,29-30,42H,9-16,18-19H2,1-3H3,(H,35,39)/t23-,24+,29+,30+,32-,33-,34-/m0/s1. The van der Waals surface area contributed by atoms with E-state index < -0.39 is 47.3 Å². The molecule has 2 N–H and O–H groups in total. The minimum absolute atomic E-state index is 0.00388. The van der Waals surface area contributed by atoms with E-state index in [0.717, 1.165) is 18.4 Å². The van der Waals surface area contributed by atoms with E-state index in [1.165, 1.54) is 7.11 Å². The zero-order valence-corrected chi connectivity index (χ0v) is 25.6. The molecule has 0 spiro atoms. The molecule has 0 aliphatic heterocycles. The molecule has 4 aliphatic rings. The second kappa shape index (κ2) is 12.0. The van der Waals surface area contributed by atoms with Crippen molar-refractivity contribution in [2.45, 2.75) is 83.3 Å². The van der Waals surface area contributed by atoms with Gasteiger partial charge in [-0.1, -0.05) is 49.8 Å². The van der Waals surface area contributed by atoms with Crippen molar-refractivity contribution in [1.29, 1.82) is 0 Å². The molecule has 1 aromatic carbocycles. The van der Waals surface area contributed by atoms with Crippen LogP contribution in [0.3, 0.4) is 0 Å². The van der Waals surface area contributed by atoms with Crippen molar-refractivity contribution in [2.24, 2.45) is 28.6 Å². The highest BCUT2D eigenvalue weighted by molar-refractivity contribution is 5.95. The molecule has 4 aliphatic carbocycles. The predicted molar refractivity (Wildman–Crippen MR) is 157 cm³/mol. The van der Waals surface area contributed by atoms with Crippen molar-refractivity contribution in [3.05, 3.63) is 47.5 Å². The Bertz CT molecular complexity index is 1400. The number of aliphatic hydroxyl groups is 1. The fourth-order valence-electron chi connectivity index (χ4n) is 8.67. The van der Waals surface area contributed by atoms with Gasteiger partial charge in [0.2, 0.25) is 11.7 Å². The molecule has 0 heterocycles. The first-order chi connectivity index (χ1) is 20.8. The molecular weight excluding hydrogens is 566 g/mol. The number of Topliss-reactive ketones (excluding diaryl/α,β-unsaturated/α-hetero) is 2. The van der Waals surface area contributed by atoms with Gasteiger partial charge in [-0.05, 0) is 61.0 Å². The Kier molecular flexibility index (Phi) is 8.68. The maximum atomic E-state index is 13.8. The number of carbonyl (C=O) groups is 6. The van der Waals surface area contributed by atoms with Crippen LogP contribution in [0.1, 0.15) is 83.2 Å². The quantitative estimate of drug-likeness (QED) is 0.403. The van der Waals surface area contributed by atoms with Gasteiger partial charge < -0.3 is 19.9 Å². The van der Waals surface area contributed by atoms with Crippen LogP contribution >= 0.6 is 0 Å². The lowest BCUT2D eigenvalue weighted by Crippen LogP contribution is -2.61. The average molecular weight is 608 g/mol. The molecule has 0 radical (unpaired) electrons. The maximum absolute atomic E-state index is 13.8. The minimum Gasteiger partial charge on any atom is -0.467 e. The topological polar surface area (TPSA) is 153 Å². The highest BCUT2D eigenvalue weighted by Gasteiger charge is 2.68. The van der Waals surface area contributed by atoms with Gasteiger partial charge >= 0.3 is 11.9 Å². The number of nitrogens with one attached hydrogen (secondary N) is 1. The molecule has 10 heteroatoms. The van der Waals surface area contributed by atoms with E-state index in [1.807, 2.05) is 6.92 Å². The molecular formula is C34H41NO9. The van der Waals surface area contributed by atoms with Crippen molar-refractivity contribution in [1.82, 2.24) is 5.32 Å². The molecule has 3 fully saturated rings. The third-order valence-corrected chi connectivity index (χ3v) is 11.1. The fourth-order valence-corrected chi connectivity index (χ4v) is 8.67. The van der Waals surface area contributed by atoms with Crippen LogP contribution in [-0.4, -0.2) is 59.6 Å². The fraction of sp³-hybridized carbons (Fsp3) is 0.588. The number of methoxy groups -OCH3 is 1. The normalized spacial score (nSPS) is 33.2. The van der Waals surface area contributed by atoms with Gasteiger partial charge in [0.05, 0.1) is 13.5 Å². The van der Waals surface area contributed by atoms with E-state index in [4.69, 9.17) is 9.47 Å². The molecule has 0 aromatic heterocycles. The number of hydrogen-bond acceptors (Lipinski definition) is 9. The first kappa shape index (κ1) is 31.8. The van der Waals surface area contributed by atoms with Crippen molar-refractivity contribution in [3.63, 3.8) is 0 Å². The summed E-state index contributed by atoms with van der Waals surface area (Å²) in [7, 11) is 1.21. The van der Waals surface area contributed by atoms with Gasteiger partial charge in [0.1, 0.15) is 11.4 Å². The van der Waals surface area contributed by atoms with Crippen LogP contribution in [0.15, 0.2) is 42.0 Å². The summed E-state index contributed by atoms with van der Waals surface area (Å²) in [4.78, 5) is 76.6. The third-order valence-electron chi connectivity index (χ3n) is 11.1. The zero-order valence-electron chi connectivity index (χ0n) is 25.6. The number of amides is 1. The minimum atomic E-state index is -1.82. The summed E-state index contributed by atoms with van der Waals surface area (Å²) in [6, 6.07) is 7.51. The Labute approximate surface area is 256 Å². The van der Waals surface area contributed by atoms with Crippen LogP contribution in [0.2, 0.25) is 0 Å². The van der Waals surface area contributed by atoms with Gasteiger partial charge in [0.25, 0.3) is 0 Å². The predicted octanol–water partition coefficient (Wildman–Crippen LogP) is 3.35. The number of ether oxygens (including phenoxy) is 2. The number of hydrogen-bond donors (Lipinski definition) is 2. The molecule has 1 amide bonds. The number of fused-ring (bicyclic) bond motifs is 5. The first-order valence-corrected chi connectivity index (χ1v) is 15.4. The number of benzene rings is 1. The molecule has 3 saturated carbocycles. The van der Waals surface area contributed by atoms with Crippen LogP contribution in [0.5, 0.6) is 0 Å². The molecule has 236 valence electrons. The van der Waals surface area contributed by atoms with Crippen molar-refractivity contribution in [3.8, 4) is 0 Å². The van der Waals surface area contributed by atoms with E-state index in [9.17, 15) is 33.9 Å². The van der Waals surface area contributed by atoms with Crippen LogP contribution < -0.4 is 5.32 Å². The molecule has 7 atom stereocenters. The second-order valence-corrected chi connectivity index (χ2v) is 13.3. The molecule has 5 rings (SSSR count). The van der Waals surface area contributed by atoms with E-state index >= 15 is 0 Å². The van der Waals surface area contributed by atoms with Crippen LogP contribution in [0, 0.1) is 28.6 Å². The Morgan fingerprint density at radius 3 is 2.45 bits per heavy atom. The first-order valence-electron chi connectivity index (χ1n) is 15.4. The Morgan fingerprint density at radius 2 is 1.75 bits per heavy atom. The number of carbonyl (C=O) groups excluding carboxylic acids is 6. The Balaban J connectivity index is 1.18. The SMILES string of the molecule is COC(=O)[C@H](NC(=O)CCC(=O)OCC(=O)[C@@]1(O)CC[C@@H]2[C@@H]3CCC4=CC(=O)CC[C@]4(C)[C@H]3C(=O)C[C@@]21C)c1ccccc1. The summed E-state index contributed by atoms with van der Waals surface area (Å²) in [6.07, 6.45) is 4.44. The van der Waals surface area contributed by atoms with Crippen molar-refractivity contribution < 1.29 is 43.3 Å². The summed E-state index contributed by atoms with van der Waals surface area (Å²) in [5.74, 6) is -2.83. The number of rotatable bonds is 9. The van der Waals surface area contributed by atoms with Gasteiger partial charge in [0.15, 0.2) is 18.4 Å². The van der Waals surface area contributed by atoms with E-state index in [-0.39, 0.29) is 60.4 Å². The molecule has 0 unspecified atom stereocenters. The third kappa shape index (κ3) is 5.42. The zero-order chi connectivity index (χ0) is 31.9. The Hall–Kier alpha value is -3.66. The smallest absolute Gasteiger partial charge is 0.333 e. The lowest BCUT2D eigenvalue weighted by molar-refractivity contribution is -0.173. The monoisotopic (exact) mass is 607 g/mol. The van der Waals surface area contributed by atoms with Gasteiger partial charge in [0, 0.05) is 30.6 Å². The van der Waals surface area contributed by atoms with Gasteiger partial charge in [-0.3, -0.25) is 24.0 Å². The van der Waals surface area contributed by atoms with Crippen molar-refractivity contribution >= 4 is 35.2 Å². The summed E-state index contributed by atoms with van der Waals surface area (Å²) in [6.45, 7) is 3.24. The summed E-state index contributed by atoms with van der Waals surface area (Å²) >= 11 is 0. The highest BCUT2D eigenvalue weighted by Crippen LogP contribution is 2.66. The molecule has 1 aromatic rings. The molecule has 10 nitrogen and oxygen atoms in total. The second-order valence-electron chi connectivity index (χ2n) is 13.3. The van der Waals surface area contributed by atoms with E-state index in [1.54, 1.807) is 36.4 Å². The number of esters is 2. The summed E-state index contributed by atoms with van der Waals surface area (Å²) < 4.78 is 9.99. The maximum Gasteiger partial charge on any atom is 0.333 e. The van der Waals surface area contributed by atoms with Crippen LogP contribution in [-0.2, 0) is 38.2 Å². The molecule has 0 saturated heterocycles.